The summed E-state index contributed by atoms with van der Waals surface area (Å²) in [5.74, 6) is -2.05. The van der Waals surface area contributed by atoms with Crippen molar-refractivity contribution in [2.45, 2.75) is 26.1 Å². The molecular weight excluding hydrogens is 633 g/mol. The topological polar surface area (TPSA) is 105 Å². The highest BCUT2D eigenvalue weighted by atomic mass is 32.2. The SMILES string of the molecule is CC(C)c1cc(F)c(N(C)C)cc1N1C(=O)CS/C1=N\C(=O)Nc1ccc(-c2ncn(-c3ccc(OC(F)(F)F)cc3)n2)cc1F. The minimum atomic E-state index is -4.82. The summed E-state index contributed by atoms with van der Waals surface area (Å²) in [7, 11) is 3.33. The average molecular weight is 660 g/mol. The molecule has 1 N–H and O–H groups in total. The third kappa shape index (κ3) is 7.11. The number of hydrogen-bond donors (Lipinski definition) is 1. The molecule has 1 aliphatic rings. The molecule has 5 rings (SSSR count). The van der Waals surface area contributed by atoms with Crippen molar-refractivity contribution in [3.05, 3.63) is 78.1 Å². The van der Waals surface area contributed by atoms with Crippen molar-refractivity contribution in [3.63, 3.8) is 0 Å². The number of amidine groups is 1. The first-order valence-corrected chi connectivity index (χ1v) is 14.6. The van der Waals surface area contributed by atoms with E-state index in [2.05, 4.69) is 25.1 Å². The number of ether oxygens (including phenoxy) is 1. The summed E-state index contributed by atoms with van der Waals surface area (Å²) in [6, 6.07) is 10.7. The lowest BCUT2D eigenvalue weighted by molar-refractivity contribution is -0.274. The molecule has 10 nitrogen and oxygen atoms in total. The van der Waals surface area contributed by atoms with E-state index in [0.717, 1.165) is 30.0 Å². The van der Waals surface area contributed by atoms with Crippen molar-refractivity contribution in [1.82, 2.24) is 14.8 Å². The number of halogens is 5. The van der Waals surface area contributed by atoms with Crippen LogP contribution in [-0.2, 0) is 4.79 Å². The van der Waals surface area contributed by atoms with Crippen LogP contribution in [0.4, 0.5) is 43.8 Å². The number of hydrogen-bond acceptors (Lipinski definition) is 7. The van der Waals surface area contributed by atoms with Crippen LogP contribution in [0, 0.1) is 11.6 Å². The van der Waals surface area contributed by atoms with Crippen LogP contribution in [-0.4, -0.2) is 58.1 Å². The highest BCUT2D eigenvalue weighted by Gasteiger charge is 2.34. The molecule has 3 aromatic carbocycles. The molecular formula is C30H26F5N7O3S. The zero-order valence-electron chi connectivity index (χ0n) is 24.8. The molecule has 4 aromatic rings. The molecule has 0 spiro atoms. The van der Waals surface area contributed by atoms with Gasteiger partial charge in [0.15, 0.2) is 11.0 Å². The van der Waals surface area contributed by atoms with E-state index in [4.69, 9.17) is 0 Å². The van der Waals surface area contributed by atoms with Crippen LogP contribution in [0.25, 0.3) is 17.1 Å². The number of carbonyl (C=O) groups excluding carboxylic acids is 2. The number of nitrogens with zero attached hydrogens (tertiary/aromatic N) is 6. The molecule has 240 valence electrons. The maximum atomic E-state index is 15.1. The molecule has 1 saturated heterocycles. The van der Waals surface area contributed by atoms with Crippen LogP contribution in [0.2, 0.25) is 0 Å². The molecule has 16 heteroatoms. The smallest absolute Gasteiger partial charge is 0.406 e. The molecule has 1 aromatic heterocycles. The van der Waals surface area contributed by atoms with Gasteiger partial charge in [0.05, 0.1) is 28.5 Å². The van der Waals surface area contributed by atoms with Gasteiger partial charge in [-0.2, -0.15) is 4.99 Å². The molecule has 3 amide bonds. The Balaban J connectivity index is 1.33. The van der Waals surface area contributed by atoms with Gasteiger partial charge in [-0.1, -0.05) is 25.6 Å². The summed E-state index contributed by atoms with van der Waals surface area (Å²) in [5, 5.41) is 6.67. The molecule has 0 radical (unpaired) electrons. The number of nitrogens with one attached hydrogen (secondary N) is 1. The third-order valence-electron chi connectivity index (χ3n) is 6.70. The first-order valence-electron chi connectivity index (χ1n) is 13.6. The number of thioether (sulfide) groups is 1. The van der Waals surface area contributed by atoms with Crippen molar-refractivity contribution in [2.24, 2.45) is 4.99 Å². The summed E-state index contributed by atoms with van der Waals surface area (Å²) < 4.78 is 72.2. The monoisotopic (exact) mass is 659 g/mol. The molecule has 46 heavy (non-hydrogen) atoms. The number of benzene rings is 3. The van der Waals surface area contributed by atoms with Crippen molar-refractivity contribution in [2.75, 3.05) is 35.0 Å². The van der Waals surface area contributed by atoms with E-state index in [-0.39, 0.29) is 45.5 Å². The lowest BCUT2D eigenvalue weighted by Crippen LogP contribution is -2.31. The molecule has 0 unspecified atom stereocenters. The van der Waals surface area contributed by atoms with Crippen molar-refractivity contribution in [1.29, 1.82) is 0 Å². The van der Waals surface area contributed by atoms with E-state index in [0.29, 0.717) is 16.9 Å². The fourth-order valence-corrected chi connectivity index (χ4v) is 5.41. The van der Waals surface area contributed by atoms with Gasteiger partial charge < -0.3 is 15.0 Å². The second-order valence-corrected chi connectivity index (χ2v) is 11.4. The fourth-order valence-electron chi connectivity index (χ4n) is 4.55. The van der Waals surface area contributed by atoms with Gasteiger partial charge >= 0.3 is 12.4 Å². The van der Waals surface area contributed by atoms with E-state index >= 15 is 4.39 Å². The van der Waals surface area contributed by atoms with Crippen LogP contribution in [0.3, 0.4) is 0 Å². The highest BCUT2D eigenvalue weighted by molar-refractivity contribution is 8.15. The number of urea groups is 1. The predicted octanol–water partition coefficient (Wildman–Crippen LogP) is 6.97. The van der Waals surface area contributed by atoms with E-state index in [1.807, 2.05) is 13.8 Å². The molecule has 2 heterocycles. The van der Waals surface area contributed by atoms with Crippen LogP contribution < -0.4 is 19.9 Å². The van der Waals surface area contributed by atoms with Crippen LogP contribution in [0.15, 0.2) is 65.9 Å². The van der Waals surface area contributed by atoms with E-state index in [1.54, 1.807) is 19.0 Å². The Morgan fingerprint density at radius 3 is 2.41 bits per heavy atom. The Kier molecular flexibility index (Phi) is 9.01. The van der Waals surface area contributed by atoms with Gasteiger partial charge in [-0.15, -0.1) is 18.3 Å². The lowest BCUT2D eigenvalue weighted by Gasteiger charge is -2.24. The summed E-state index contributed by atoms with van der Waals surface area (Å²) in [6.07, 6.45) is -3.52. The Labute approximate surface area is 263 Å². The van der Waals surface area contributed by atoms with Gasteiger partial charge in [-0.05, 0) is 66.1 Å². The Morgan fingerprint density at radius 1 is 1.07 bits per heavy atom. The first kappa shape index (κ1) is 32.4. The van der Waals surface area contributed by atoms with Crippen LogP contribution in [0.5, 0.6) is 5.75 Å². The van der Waals surface area contributed by atoms with Crippen LogP contribution in [0.1, 0.15) is 25.3 Å². The Morgan fingerprint density at radius 2 is 1.78 bits per heavy atom. The molecule has 0 bridgehead atoms. The molecule has 0 saturated carbocycles. The third-order valence-corrected chi connectivity index (χ3v) is 7.62. The second-order valence-electron chi connectivity index (χ2n) is 10.5. The highest BCUT2D eigenvalue weighted by Crippen LogP contribution is 2.37. The molecule has 1 fully saturated rings. The van der Waals surface area contributed by atoms with Gasteiger partial charge in [0.2, 0.25) is 5.91 Å². The fraction of sp³-hybridized carbons (Fsp3) is 0.233. The van der Waals surface area contributed by atoms with Crippen molar-refractivity contribution < 1.29 is 36.3 Å². The van der Waals surface area contributed by atoms with Gasteiger partial charge in [-0.3, -0.25) is 9.69 Å². The van der Waals surface area contributed by atoms with Crippen molar-refractivity contribution in [3.8, 4) is 22.8 Å². The lowest BCUT2D eigenvalue weighted by atomic mass is 9.99. The maximum Gasteiger partial charge on any atom is 0.573 e. The maximum absolute atomic E-state index is 15.1. The summed E-state index contributed by atoms with van der Waals surface area (Å²) in [4.78, 5) is 36.8. The van der Waals surface area contributed by atoms with Gasteiger partial charge in [-0.25, -0.2) is 23.2 Å². The zero-order valence-corrected chi connectivity index (χ0v) is 25.6. The number of anilines is 3. The number of rotatable bonds is 7. The quantitative estimate of drug-likeness (QED) is 0.214. The van der Waals surface area contributed by atoms with Gasteiger partial charge in [0, 0.05) is 19.7 Å². The number of amides is 3. The number of carbonyl (C=O) groups is 2. The molecule has 0 aliphatic carbocycles. The number of aromatic nitrogens is 3. The summed E-state index contributed by atoms with van der Waals surface area (Å²) in [6.45, 7) is 3.71. The summed E-state index contributed by atoms with van der Waals surface area (Å²) >= 11 is 1.03. The predicted molar refractivity (Wildman–Crippen MR) is 165 cm³/mol. The first-order chi connectivity index (χ1) is 21.7. The van der Waals surface area contributed by atoms with Gasteiger partial charge in [0.25, 0.3) is 0 Å². The minimum Gasteiger partial charge on any atom is -0.406 e. The van der Waals surface area contributed by atoms with E-state index in [1.165, 1.54) is 52.3 Å². The Hall–Kier alpha value is -4.99. The van der Waals surface area contributed by atoms with Crippen molar-refractivity contribution >= 4 is 45.9 Å². The standard InChI is InChI=1S/C30H26F5N7O3S/c1-16(2)20-12-22(32)25(40(3)4)13-24(20)42-26(43)14-46-29(42)38-28(44)37-23-10-5-17(11-21(23)31)27-36-15-41(39-27)18-6-8-19(9-7-18)45-30(33,34)35/h5-13,15-16H,14H2,1-4H3,(H,37,44)/b38-29-. The zero-order chi connectivity index (χ0) is 33.3. The minimum absolute atomic E-state index is 0.00646. The summed E-state index contributed by atoms with van der Waals surface area (Å²) in [5.41, 5.74) is 1.65. The van der Waals surface area contributed by atoms with E-state index < -0.39 is 29.8 Å². The molecule has 1 aliphatic heterocycles. The van der Waals surface area contributed by atoms with Crippen LogP contribution >= 0.6 is 11.8 Å². The molecule has 0 atom stereocenters. The second kappa shape index (κ2) is 12.8. The van der Waals surface area contributed by atoms with Gasteiger partial charge in [0.1, 0.15) is 23.7 Å². The average Bonchev–Trinajstić information content (AvgIpc) is 3.60. The van der Waals surface area contributed by atoms with E-state index in [9.17, 15) is 27.2 Å². The number of aliphatic imine (C=N–C) groups is 1. The number of alkyl halides is 3. The Bertz CT molecular complexity index is 1820. The largest absolute Gasteiger partial charge is 0.573 e. The normalized spacial score (nSPS) is 14.3.